The lowest BCUT2D eigenvalue weighted by molar-refractivity contribution is -0.157. The Morgan fingerprint density at radius 3 is 1.52 bits per heavy atom. The molecule has 0 spiro atoms. The Morgan fingerprint density at radius 2 is 1.33 bits per heavy atom. The highest BCUT2D eigenvalue weighted by Crippen LogP contribution is 2.02. The number of hydrogen-bond acceptors (Lipinski definition) is 6. The molecule has 2 aliphatic heterocycles. The fourth-order valence-corrected chi connectivity index (χ4v) is 1.71. The van der Waals surface area contributed by atoms with Gasteiger partial charge in [0, 0.05) is 33.4 Å². The van der Waals surface area contributed by atoms with E-state index in [1.54, 1.807) is 7.05 Å². The van der Waals surface area contributed by atoms with Crippen molar-refractivity contribution in [1.82, 2.24) is 5.32 Å². The van der Waals surface area contributed by atoms with Crippen LogP contribution >= 0.6 is 0 Å². The number of likely N-dealkylation sites (N-methyl/N-ethyl adjacent to an activating group) is 1. The SMILES string of the molecule is C1CCOCC1.C1CCOCC1.CNCC(=O)OC(C)=O. The zero-order valence-electron chi connectivity index (χ0n) is 13.3. The number of carbonyl (C=O) groups is 2. The summed E-state index contributed by atoms with van der Waals surface area (Å²) in [6, 6.07) is 0. The van der Waals surface area contributed by atoms with Crippen molar-refractivity contribution in [1.29, 1.82) is 0 Å². The van der Waals surface area contributed by atoms with Crippen molar-refractivity contribution in [2.45, 2.75) is 45.4 Å². The normalized spacial score (nSPS) is 17.4. The van der Waals surface area contributed by atoms with Crippen molar-refractivity contribution in [3.05, 3.63) is 0 Å². The zero-order valence-corrected chi connectivity index (χ0v) is 13.3. The van der Waals surface area contributed by atoms with Crippen LogP contribution in [0.5, 0.6) is 0 Å². The lowest BCUT2D eigenvalue weighted by Crippen LogP contribution is -2.22. The van der Waals surface area contributed by atoms with Gasteiger partial charge in [0.1, 0.15) is 0 Å². The van der Waals surface area contributed by atoms with Crippen LogP contribution in [0.2, 0.25) is 0 Å². The predicted octanol–water partition coefficient (Wildman–Crippen LogP) is 1.67. The van der Waals surface area contributed by atoms with Gasteiger partial charge in [0.05, 0.1) is 6.54 Å². The number of ether oxygens (including phenoxy) is 3. The summed E-state index contributed by atoms with van der Waals surface area (Å²) >= 11 is 0. The summed E-state index contributed by atoms with van der Waals surface area (Å²) in [6.45, 7) is 5.26. The maximum absolute atomic E-state index is 10.3. The number of nitrogens with one attached hydrogen (secondary N) is 1. The van der Waals surface area contributed by atoms with Gasteiger partial charge in [-0.25, -0.2) is 0 Å². The maximum atomic E-state index is 10.3. The smallest absolute Gasteiger partial charge is 0.327 e. The van der Waals surface area contributed by atoms with Crippen LogP contribution in [-0.4, -0.2) is 52.0 Å². The molecule has 2 fully saturated rings. The van der Waals surface area contributed by atoms with Crippen LogP contribution in [0, 0.1) is 0 Å². The first-order valence-corrected chi connectivity index (χ1v) is 7.68. The molecular weight excluding hydrogens is 274 g/mol. The summed E-state index contributed by atoms with van der Waals surface area (Å²) in [5, 5.41) is 2.55. The minimum atomic E-state index is -0.574. The molecule has 2 aliphatic rings. The van der Waals surface area contributed by atoms with E-state index in [1.807, 2.05) is 0 Å². The largest absolute Gasteiger partial charge is 0.392 e. The van der Waals surface area contributed by atoms with Gasteiger partial charge in [-0.15, -0.1) is 0 Å². The molecule has 0 radical (unpaired) electrons. The van der Waals surface area contributed by atoms with E-state index in [-0.39, 0.29) is 6.54 Å². The van der Waals surface area contributed by atoms with Crippen LogP contribution in [0.15, 0.2) is 0 Å². The quantitative estimate of drug-likeness (QED) is 0.618. The molecule has 2 rings (SSSR count). The molecule has 2 heterocycles. The van der Waals surface area contributed by atoms with Gasteiger partial charge in [0.2, 0.25) is 0 Å². The minimum Gasteiger partial charge on any atom is -0.392 e. The van der Waals surface area contributed by atoms with Gasteiger partial charge >= 0.3 is 11.9 Å². The summed E-state index contributed by atoms with van der Waals surface area (Å²) in [4.78, 5) is 20.4. The molecule has 0 aliphatic carbocycles. The summed E-state index contributed by atoms with van der Waals surface area (Å²) in [6.07, 6.45) is 7.86. The van der Waals surface area contributed by atoms with Crippen molar-refractivity contribution in [3.8, 4) is 0 Å². The second kappa shape index (κ2) is 15.4. The monoisotopic (exact) mass is 303 g/mol. The first kappa shape index (κ1) is 20.0. The van der Waals surface area contributed by atoms with Gasteiger partial charge in [-0.05, 0) is 45.6 Å². The standard InChI is InChI=1S/C5H9NO3.2C5H10O/c1-4(7)9-5(8)3-6-2;2*1-2-4-6-5-3-1/h6H,3H2,1-2H3;2*1-5H2. The van der Waals surface area contributed by atoms with E-state index in [0.29, 0.717) is 0 Å². The van der Waals surface area contributed by atoms with Gasteiger partial charge in [0.15, 0.2) is 0 Å². The molecule has 0 saturated carbocycles. The number of hydrogen-bond donors (Lipinski definition) is 1. The molecule has 6 heteroatoms. The molecule has 0 unspecified atom stereocenters. The Hall–Kier alpha value is -0.980. The summed E-state index contributed by atoms with van der Waals surface area (Å²) in [5.41, 5.74) is 0. The van der Waals surface area contributed by atoms with Crippen LogP contribution in [0.4, 0.5) is 0 Å². The molecule has 6 nitrogen and oxygen atoms in total. The summed E-state index contributed by atoms with van der Waals surface area (Å²) < 4.78 is 14.3. The first-order chi connectivity index (χ1) is 10.2. The topological polar surface area (TPSA) is 73.9 Å². The fourth-order valence-electron chi connectivity index (χ4n) is 1.71. The third kappa shape index (κ3) is 17.0. The van der Waals surface area contributed by atoms with Gasteiger partial charge in [0.25, 0.3) is 0 Å². The molecule has 2 saturated heterocycles. The predicted molar refractivity (Wildman–Crippen MR) is 80.0 cm³/mol. The van der Waals surface area contributed by atoms with Crippen LogP contribution in [-0.2, 0) is 23.8 Å². The molecule has 124 valence electrons. The molecular formula is C15H29NO5. The van der Waals surface area contributed by atoms with E-state index in [4.69, 9.17) is 9.47 Å². The third-order valence-corrected chi connectivity index (χ3v) is 2.73. The lowest BCUT2D eigenvalue weighted by atomic mass is 10.2. The Labute approximate surface area is 127 Å². The molecule has 1 N–H and O–H groups in total. The molecule has 0 aromatic rings. The maximum Gasteiger partial charge on any atom is 0.327 e. The average Bonchev–Trinajstić information content (AvgIpc) is 2.51. The number of carbonyl (C=O) groups excluding carboxylic acids is 2. The van der Waals surface area contributed by atoms with Crippen molar-refractivity contribution in [2.75, 3.05) is 40.0 Å². The van der Waals surface area contributed by atoms with E-state index < -0.39 is 11.9 Å². The minimum absolute atomic E-state index is 0.0690. The zero-order chi connectivity index (χ0) is 15.8. The van der Waals surface area contributed by atoms with Crippen LogP contribution in [0.3, 0.4) is 0 Å². The van der Waals surface area contributed by atoms with E-state index in [2.05, 4.69) is 10.1 Å². The Morgan fingerprint density at radius 1 is 0.905 bits per heavy atom. The molecule has 21 heavy (non-hydrogen) atoms. The highest BCUT2D eigenvalue weighted by atomic mass is 16.6. The number of esters is 2. The number of rotatable bonds is 2. The van der Waals surface area contributed by atoms with E-state index in [9.17, 15) is 9.59 Å². The third-order valence-electron chi connectivity index (χ3n) is 2.73. The molecule has 0 amide bonds. The lowest BCUT2D eigenvalue weighted by Gasteiger charge is -2.08. The van der Waals surface area contributed by atoms with Gasteiger partial charge in [-0.3, -0.25) is 9.59 Å². The van der Waals surface area contributed by atoms with Gasteiger partial charge in [-0.2, -0.15) is 0 Å². The highest BCUT2D eigenvalue weighted by Gasteiger charge is 2.01. The van der Waals surface area contributed by atoms with Crippen LogP contribution in [0.25, 0.3) is 0 Å². The summed E-state index contributed by atoms with van der Waals surface area (Å²) in [7, 11) is 1.60. The van der Waals surface area contributed by atoms with Crippen molar-refractivity contribution < 1.29 is 23.8 Å². The van der Waals surface area contributed by atoms with E-state index in [0.717, 1.165) is 26.4 Å². The van der Waals surface area contributed by atoms with Crippen molar-refractivity contribution in [3.63, 3.8) is 0 Å². The Balaban J connectivity index is 0.000000293. The second-order valence-electron chi connectivity index (χ2n) is 4.84. The van der Waals surface area contributed by atoms with E-state index in [1.165, 1.54) is 45.4 Å². The van der Waals surface area contributed by atoms with Crippen LogP contribution < -0.4 is 5.32 Å². The Bertz CT molecular complexity index is 228. The molecule has 0 atom stereocenters. The molecule has 0 aromatic heterocycles. The van der Waals surface area contributed by atoms with Crippen molar-refractivity contribution in [2.24, 2.45) is 0 Å². The average molecular weight is 303 g/mol. The summed E-state index contributed by atoms with van der Waals surface area (Å²) in [5.74, 6) is -1.12. The second-order valence-corrected chi connectivity index (χ2v) is 4.84. The molecule has 0 bridgehead atoms. The van der Waals surface area contributed by atoms with Crippen LogP contribution in [0.1, 0.15) is 45.4 Å². The Kier molecular flexibility index (Phi) is 14.7. The molecule has 0 aromatic carbocycles. The first-order valence-electron chi connectivity index (χ1n) is 7.68. The fraction of sp³-hybridized carbons (Fsp3) is 0.867. The van der Waals surface area contributed by atoms with E-state index >= 15 is 0 Å². The van der Waals surface area contributed by atoms with Crippen molar-refractivity contribution >= 4 is 11.9 Å². The van der Waals surface area contributed by atoms with Gasteiger partial charge in [-0.1, -0.05) is 0 Å². The highest BCUT2D eigenvalue weighted by molar-refractivity contribution is 5.85. The van der Waals surface area contributed by atoms with Gasteiger partial charge < -0.3 is 19.5 Å².